The third-order valence-corrected chi connectivity index (χ3v) is 3.00. The third-order valence-electron chi connectivity index (χ3n) is 2.10. The molecule has 2 rings (SSSR count). The molecule has 5 nitrogen and oxygen atoms in total. The Kier molecular flexibility index (Phi) is 3.75. The number of rotatable bonds is 4. The largest absolute Gasteiger partial charge is 0.467 e. The molecule has 0 aromatic carbocycles. The zero-order valence-electron chi connectivity index (χ0n) is 9.42. The second-order valence-corrected chi connectivity index (χ2v) is 4.50. The van der Waals surface area contributed by atoms with Crippen molar-refractivity contribution >= 4 is 28.9 Å². The first-order valence-electron chi connectivity index (χ1n) is 4.87. The summed E-state index contributed by atoms with van der Waals surface area (Å²) in [6, 6.07) is 2.28. The first kappa shape index (κ1) is 12.1. The molecular formula is C10H11ClN4OS. The fourth-order valence-corrected chi connectivity index (χ4v) is 2.12. The number of halogens is 1. The number of ether oxygens (including phenoxy) is 1. The molecule has 0 radical (unpaired) electrons. The van der Waals surface area contributed by atoms with E-state index in [1.54, 1.807) is 11.3 Å². The lowest BCUT2D eigenvalue weighted by molar-refractivity contribution is 0.378. The molecule has 0 unspecified atom stereocenters. The van der Waals surface area contributed by atoms with Crippen LogP contribution in [0.1, 0.15) is 5.56 Å². The van der Waals surface area contributed by atoms with Crippen molar-refractivity contribution in [3.63, 3.8) is 0 Å². The number of methoxy groups -OCH3 is 1. The molecule has 0 spiro atoms. The van der Waals surface area contributed by atoms with Gasteiger partial charge in [-0.25, -0.2) is 0 Å². The maximum atomic E-state index is 5.79. The van der Waals surface area contributed by atoms with E-state index in [1.807, 2.05) is 17.3 Å². The molecule has 2 aromatic rings. The predicted octanol–water partition coefficient (Wildman–Crippen LogP) is 2.23. The lowest BCUT2D eigenvalue weighted by Gasteiger charge is -2.16. The summed E-state index contributed by atoms with van der Waals surface area (Å²) in [6.45, 7) is 0.715. The zero-order chi connectivity index (χ0) is 12.3. The molecule has 17 heavy (non-hydrogen) atoms. The summed E-state index contributed by atoms with van der Waals surface area (Å²) >= 11 is 7.44. The van der Waals surface area contributed by atoms with Gasteiger partial charge >= 0.3 is 6.01 Å². The number of thiophene rings is 1. The van der Waals surface area contributed by atoms with Gasteiger partial charge in [-0.05, 0) is 34.0 Å². The third kappa shape index (κ3) is 3.04. The Hall–Kier alpha value is -1.40. The van der Waals surface area contributed by atoms with Crippen LogP contribution >= 0.6 is 22.9 Å². The SMILES string of the molecule is COc1nc(Cl)nc(N(C)Cc2ccsc2)n1. The van der Waals surface area contributed by atoms with E-state index in [-0.39, 0.29) is 11.3 Å². The van der Waals surface area contributed by atoms with Gasteiger partial charge in [0.05, 0.1) is 7.11 Å². The van der Waals surface area contributed by atoms with Crippen LogP contribution in [-0.2, 0) is 6.54 Å². The van der Waals surface area contributed by atoms with Gasteiger partial charge in [-0.1, -0.05) is 0 Å². The van der Waals surface area contributed by atoms with Gasteiger partial charge < -0.3 is 9.64 Å². The quantitative estimate of drug-likeness (QED) is 0.853. The van der Waals surface area contributed by atoms with Crippen LogP contribution in [0.25, 0.3) is 0 Å². The maximum Gasteiger partial charge on any atom is 0.322 e. The highest BCUT2D eigenvalue weighted by atomic mass is 35.5. The molecule has 2 heterocycles. The minimum atomic E-state index is 0.129. The molecule has 0 saturated heterocycles. The zero-order valence-corrected chi connectivity index (χ0v) is 11.0. The van der Waals surface area contributed by atoms with E-state index in [2.05, 4.69) is 26.4 Å². The van der Waals surface area contributed by atoms with E-state index >= 15 is 0 Å². The van der Waals surface area contributed by atoms with Crippen molar-refractivity contribution in [3.05, 3.63) is 27.7 Å². The Labute approximate surface area is 108 Å². The Balaban J connectivity index is 2.18. The van der Waals surface area contributed by atoms with E-state index < -0.39 is 0 Å². The van der Waals surface area contributed by atoms with Crippen molar-refractivity contribution < 1.29 is 4.74 Å². The van der Waals surface area contributed by atoms with Gasteiger partial charge in [0.15, 0.2) is 0 Å². The molecule has 0 saturated carbocycles. The molecule has 2 aromatic heterocycles. The number of nitrogens with zero attached hydrogens (tertiary/aromatic N) is 4. The minimum Gasteiger partial charge on any atom is -0.467 e. The molecule has 0 aliphatic rings. The van der Waals surface area contributed by atoms with Crippen molar-refractivity contribution in [2.45, 2.75) is 6.54 Å². The molecule has 0 amide bonds. The van der Waals surface area contributed by atoms with Crippen LogP contribution in [0.3, 0.4) is 0 Å². The van der Waals surface area contributed by atoms with Gasteiger partial charge in [0.1, 0.15) is 0 Å². The molecule has 7 heteroatoms. The van der Waals surface area contributed by atoms with Crippen LogP contribution in [0, 0.1) is 0 Å². The second kappa shape index (κ2) is 5.29. The van der Waals surface area contributed by atoms with Crippen molar-refractivity contribution in [2.24, 2.45) is 0 Å². The molecule has 0 atom stereocenters. The molecule has 0 N–H and O–H groups in total. The average molecular weight is 271 g/mol. The van der Waals surface area contributed by atoms with Gasteiger partial charge in [0.25, 0.3) is 0 Å². The number of hydrogen-bond donors (Lipinski definition) is 0. The highest BCUT2D eigenvalue weighted by Gasteiger charge is 2.10. The normalized spacial score (nSPS) is 10.3. The van der Waals surface area contributed by atoms with Crippen molar-refractivity contribution in [1.29, 1.82) is 0 Å². The van der Waals surface area contributed by atoms with Gasteiger partial charge in [0.2, 0.25) is 11.2 Å². The van der Waals surface area contributed by atoms with E-state index in [4.69, 9.17) is 16.3 Å². The minimum absolute atomic E-state index is 0.129. The van der Waals surface area contributed by atoms with Gasteiger partial charge in [0, 0.05) is 13.6 Å². The fourth-order valence-electron chi connectivity index (χ4n) is 1.31. The number of hydrogen-bond acceptors (Lipinski definition) is 6. The van der Waals surface area contributed by atoms with Crippen LogP contribution in [-0.4, -0.2) is 29.1 Å². The molecule has 0 aliphatic heterocycles. The number of aromatic nitrogens is 3. The monoisotopic (exact) mass is 270 g/mol. The van der Waals surface area contributed by atoms with Gasteiger partial charge in [-0.2, -0.15) is 26.3 Å². The van der Waals surface area contributed by atoms with Crippen LogP contribution < -0.4 is 9.64 Å². The van der Waals surface area contributed by atoms with Crippen LogP contribution in [0.15, 0.2) is 16.8 Å². The van der Waals surface area contributed by atoms with Gasteiger partial charge in [-0.3, -0.25) is 0 Å². The van der Waals surface area contributed by atoms with Crippen LogP contribution in [0.5, 0.6) is 6.01 Å². The van der Waals surface area contributed by atoms with E-state index in [0.717, 1.165) is 0 Å². The van der Waals surface area contributed by atoms with E-state index in [1.165, 1.54) is 12.7 Å². The van der Waals surface area contributed by atoms with Crippen molar-refractivity contribution in [3.8, 4) is 6.01 Å². The fraction of sp³-hybridized carbons (Fsp3) is 0.300. The molecular weight excluding hydrogens is 260 g/mol. The summed E-state index contributed by atoms with van der Waals surface area (Å²) in [7, 11) is 3.39. The van der Waals surface area contributed by atoms with E-state index in [0.29, 0.717) is 12.5 Å². The summed E-state index contributed by atoms with van der Waals surface area (Å²) < 4.78 is 4.95. The molecule has 0 bridgehead atoms. The summed E-state index contributed by atoms with van der Waals surface area (Å²) in [5.74, 6) is 0.494. The highest BCUT2D eigenvalue weighted by molar-refractivity contribution is 7.07. The van der Waals surface area contributed by atoms with E-state index in [9.17, 15) is 0 Å². The Bertz CT molecular complexity index is 491. The highest BCUT2D eigenvalue weighted by Crippen LogP contribution is 2.16. The second-order valence-electron chi connectivity index (χ2n) is 3.38. The maximum absolute atomic E-state index is 5.79. The number of anilines is 1. The lowest BCUT2D eigenvalue weighted by atomic mass is 10.3. The lowest BCUT2D eigenvalue weighted by Crippen LogP contribution is -2.19. The average Bonchev–Trinajstić information content (AvgIpc) is 2.81. The molecule has 0 fully saturated rings. The summed E-state index contributed by atoms with van der Waals surface area (Å²) in [6.07, 6.45) is 0. The van der Waals surface area contributed by atoms with Crippen LogP contribution in [0.2, 0.25) is 5.28 Å². The van der Waals surface area contributed by atoms with Crippen molar-refractivity contribution in [1.82, 2.24) is 15.0 Å². The first-order chi connectivity index (χ1) is 8.19. The summed E-state index contributed by atoms with van der Waals surface area (Å²) in [5.41, 5.74) is 1.20. The van der Waals surface area contributed by atoms with Crippen molar-refractivity contribution in [2.75, 3.05) is 19.1 Å². The Morgan fingerprint density at radius 3 is 2.88 bits per heavy atom. The van der Waals surface area contributed by atoms with Gasteiger partial charge in [-0.15, -0.1) is 0 Å². The summed E-state index contributed by atoms with van der Waals surface area (Å²) in [5, 5.41) is 4.24. The standard InChI is InChI=1S/C10H11ClN4OS/c1-15(5-7-3-4-17-6-7)9-12-8(11)13-10(14-9)16-2/h3-4,6H,5H2,1-2H3. The predicted molar refractivity (Wildman–Crippen MR) is 67.8 cm³/mol. The molecule has 0 aliphatic carbocycles. The Morgan fingerprint density at radius 2 is 2.24 bits per heavy atom. The summed E-state index contributed by atoms with van der Waals surface area (Å²) in [4.78, 5) is 13.9. The Morgan fingerprint density at radius 1 is 1.41 bits per heavy atom. The smallest absolute Gasteiger partial charge is 0.322 e. The van der Waals surface area contributed by atoms with Crippen LogP contribution in [0.4, 0.5) is 5.95 Å². The first-order valence-corrected chi connectivity index (χ1v) is 6.19. The topological polar surface area (TPSA) is 51.1 Å². The molecule has 90 valence electrons.